The molecule has 34 heavy (non-hydrogen) atoms. The molecule has 1 aliphatic rings. The maximum atomic E-state index is 12.2. The lowest BCUT2D eigenvalue weighted by Gasteiger charge is -2.14. The van der Waals surface area contributed by atoms with Gasteiger partial charge >= 0.3 is 12.1 Å². The number of aryl methyl sites for hydroxylation is 2. The molecule has 178 valence electrons. The third-order valence-corrected chi connectivity index (χ3v) is 5.86. The van der Waals surface area contributed by atoms with E-state index in [9.17, 15) is 14.7 Å². The molecule has 2 atom stereocenters. The van der Waals surface area contributed by atoms with E-state index in [2.05, 4.69) is 20.4 Å². The molecule has 1 aromatic carbocycles. The molecule has 1 fully saturated rings. The zero-order chi connectivity index (χ0) is 24.1. The first-order valence-electron chi connectivity index (χ1n) is 11.1. The number of carbonyl (C=O) groups excluding carboxylic acids is 1. The molecule has 1 amide bonds. The number of nitrogens with one attached hydrogen (secondary N) is 1. The first-order chi connectivity index (χ1) is 16.4. The van der Waals surface area contributed by atoms with Crippen LogP contribution in [0, 0.1) is 12.8 Å². The van der Waals surface area contributed by atoms with E-state index in [-0.39, 0.29) is 25.2 Å². The Bertz CT molecular complexity index is 1160. The third-order valence-electron chi connectivity index (χ3n) is 5.86. The van der Waals surface area contributed by atoms with E-state index in [1.54, 1.807) is 31.0 Å². The monoisotopic (exact) mass is 465 g/mol. The standard InChI is InChI=1S/C24H27N5O5/c1-15-22(34-18-9-8-17(10-18)23(30)31)25-12-20(28-15)19-11-27-29(2)21(19)13-26-24(32)33-14-16-6-4-3-5-7-16/h3-7,11-12,17-18H,8-10,13-14H2,1-2H3,(H,26,32)(H,30,31)/t17-,18?/m0/s1. The molecular formula is C24H27N5O5. The number of alkyl carbamates (subject to hydrolysis) is 1. The van der Waals surface area contributed by atoms with Gasteiger partial charge in [0.15, 0.2) is 0 Å². The second kappa shape index (κ2) is 10.3. The summed E-state index contributed by atoms with van der Waals surface area (Å²) in [6.45, 7) is 2.19. The van der Waals surface area contributed by atoms with Crippen molar-refractivity contribution in [2.24, 2.45) is 13.0 Å². The van der Waals surface area contributed by atoms with Crippen LogP contribution in [-0.2, 0) is 29.7 Å². The number of ether oxygens (including phenoxy) is 2. The smallest absolute Gasteiger partial charge is 0.407 e. The van der Waals surface area contributed by atoms with Crippen molar-refractivity contribution in [1.29, 1.82) is 0 Å². The Morgan fingerprint density at radius 3 is 2.71 bits per heavy atom. The molecule has 4 rings (SSSR count). The van der Waals surface area contributed by atoms with Crippen LogP contribution in [0.4, 0.5) is 4.79 Å². The molecule has 0 bridgehead atoms. The molecule has 2 heterocycles. The Morgan fingerprint density at radius 2 is 2.00 bits per heavy atom. The minimum Gasteiger partial charge on any atom is -0.481 e. The highest BCUT2D eigenvalue weighted by atomic mass is 16.5. The maximum Gasteiger partial charge on any atom is 0.407 e. The Kier molecular flexibility index (Phi) is 7.05. The quantitative estimate of drug-likeness (QED) is 0.519. The van der Waals surface area contributed by atoms with Gasteiger partial charge in [0.2, 0.25) is 5.88 Å². The van der Waals surface area contributed by atoms with Gasteiger partial charge in [-0.05, 0) is 31.7 Å². The van der Waals surface area contributed by atoms with Crippen LogP contribution in [0.1, 0.15) is 36.2 Å². The summed E-state index contributed by atoms with van der Waals surface area (Å²) in [7, 11) is 1.78. The maximum absolute atomic E-state index is 12.2. The predicted octanol–water partition coefficient (Wildman–Crippen LogP) is 3.24. The number of carbonyl (C=O) groups is 2. The van der Waals surface area contributed by atoms with E-state index in [1.165, 1.54) is 0 Å². The topological polar surface area (TPSA) is 128 Å². The van der Waals surface area contributed by atoms with Gasteiger partial charge in [0.1, 0.15) is 18.4 Å². The normalized spacial score (nSPS) is 17.4. The average Bonchev–Trinajstić information content (AvgIpc) is 3.45. The molecule has 2 N–H and O–H groups in total. The van der Waals surface area contributed by atoms with Gasteiger partial charge in [0.05, 0.1) is 36.2 Å². The number of amides is 1. The highest BCUT2D eigenvalue weighted by molar-refractivity contribution is 5.70. The van der Waals surface area contributed by atoms with E-state index in [1.807, 2.05) is 30.3 Å². The summed E-state index contributed by atoms with van der Waals surface area (Å²) >= 11 is 0. The number of hydrogen-bond donors (Lipinski definition) is 2. The van der Waals surface area contributed by atoms with Crippen LogP contribution in [0.15, 0.2) is 42.7 Å². The molecule has 1 saturated carbocycles. The number of nitrogens with zero attached hydrogens (tertiary/aromatic N) is 4. The van der Waals surface area contributed by atoms with Crippen LogP contribution in [0.25, 0.3) is 11.3 Å². The van der Waals surface area contributed by atoms with Gasteiger partial charge in [-0.2, -0.15) is 5.10 Å². The lowest BCUT2D eigenvalue weighted by Crippen LogP contribution is -2.25. The van der Waals surface area contributed by atoms with E-state index < -0.39 is 12.1 Å². The highest BCUT2D eigenvalue weighted by Crippen LogP contribution is 2.30. The summed E-state index contributed by atoms with van der Waals surface area (Å²) in [5.74, 6) is -0.763. The van der Waals surface area contributed by atoms with E-state index in [4.69, 9.17) is 9.47 Å². The molecule has 1 aliphatic carbocycles. The van der Waals surface area contributed by atoms with Crippen molar-refractivity contribution in [3.8, 4) is 17.1 Å². The van der Waals surface area contributed by atoms with Crippen LogP contribution in [-0.4, -0.2) is 43.0 Å². The van der Waals surface area contributed by atoms with Crippen LogP contribution >= 0.6 is 0 Å². The number of carboxylic acids is 1. The van der Waals surface area contributed by atoms with Gasteiger partial charge in [0.25, 0.3) is 0 Å². The summed E-state index contributed by atoms with van der Waals surface area (Å²) in [6, 6.07) is 9.45. The van der Waals surface area contributed by atoms with Gasteiger partial charge in [-0.3, -0.25) is 9.48 Å². The lowest BCUT2D eigenvalue weighted by molar-refractivity contribution is -0.141. The van der Waals surface area contributed by atoms with Crippen molar-refractivity contribution < 1.29 is 24.2 Å². The van der Waals surface area contributed by atoms with Crippen LogP contribution in [0.2, 0.25) is 0 Å². The highest BCUT2D eigenvalue weighted by Gasteiger charge is 2.31. The Balaban J connectivity index is 1.38. The van der Waals surface area contributed by atoms with E-state index in [0.29, 0.717) is 36.5 Å². The summed E-state index contributed by atoms with van der Waals surface area (Å²) in [5, 5.41) is 16.2. The minimum absolute atomic E-state index is 0.181. The van der Waals surface area contributed by atoms with Gasteiger partial charge in [-0.1, -0.05) is 30.3 Å². The molecule has 0 aliphatic heterocycles. The molecule has 1 unspecified atom stereocenters. The zero-order valence-electron chi connectivity index (χ0n) is 19.1. The lowest BCUT2D eigenvalue weighted by atomic mass is 10.1. The number of benzene rings is 1. The Hall–Kier alpha value is -3.95. The molecule has 0 radical (unpaired) electrons. The Labute approximate surface area is 196 Å². The van der Waals surface area contributed by atoms with Crippen molar-refractivity contribution in [1.82, 2.24) is 25.1 Å². The second-order valence-electron chi connectivity index (χ2n) is 8.28. The van der Waals surface area contributed by atoms with Gasteiger partial charge in [-0.25, -0.2) is 14.8 Å². The molecule has 0 spiro atoms. The fourth-order valence-electron chi connectivity index (χ4n) is 3.96. The van der Waals surface area contributed by atoms with Gasteiger partial charge in [-0.15, -0.1) is 0 Å². The van der Waals surface area contributed by atoms with Crippen molar-refractivity contribution >= 4 is 12.1 Å². The summed E-state index contributed by atoms with van der Waals surface area (Å²) in [4.78, 5) is 32.4. The fourth-order valence-corrected chi connectivity index (χ4v) is 3.96. The number of aromatic nitrogens is 4. The third kappa shape index (κ3) is 5.51. The van der Waals surface area contributed by atoms with Crippen molar-refractivity contribution in [2.45, 2.75) is 45.4 Å². The summed E-state index contributed by atoms with van der Waals surface area (Å²) in [5.41, 5.74) is 3.59. The number of aliphatic carboxylic acids is 1. The zero-order valence-corrected chi connectivity index (χ0v) is 19.1. The number of hydrogen-bond acceptors (Lipinski definition) is 7. The molecule has 0 saturated heterocycles. The van der Waals surface area contributed by atoms with Gasteiger partial charge in [0, 0.05) is 12.6 Å². The van der Waals surface area contributed by atoms with Crippen LogP contribution in [0.5, 0.6) is 5.88 Å². The van der Waals surface area contributed by atoms with E-state index >= 15 is 0 Å². The predicted molar refractivity (Wildman–Crippen MR) is 122 cm³/mol. The Morgan fingerprint density at radius 1 is 1.21 bits per heavy atom. The molecule has 2 aromatic heterocycles. The van der Waals surface area contributed by atoms with Gasteiger partial charge < -0.3 is 19.9 Å². The average molecular weight is 466 g/mol. The van der Waals surface area contributed by atoms with Crippen LogP contribution < -0.4 is 10.1 Å². The molecular weight excluding hydrogens is 438 g/mol. The molecule has 10 heteroatoms. The number of carboxylic acid groups (broad SMARTS) is 1. The molecule has 3 aromatic rings. The van der Waals surface area contributed by atoms with E-state index in [0.717, 1.165) is 16.8 Å². The van der Waals surface area contributed by atoms with Crippen LogP contribution in [0.3, 0.4) is 0 Å². The van der Waals surface area contributed by atoms with Crippen molar-refractivity contribution in [3.05, 3.63) is 59.7 Å². The SMILES string of the molecule is Cc1nc(-c2cnn(C)c2CNC(=O)OCc2ccccc2)cnc1OC1CC[C@H](C(=O)O)C1. The molecule has 10 nitrogen and oxygen atoms in total. The second-order valence-corrected chi connectivity index (χ2v) is 8.28. The number of rotatable bonds is 8. The van der Waals surface area contributed by atoms with Crippen molar-refractivity contribution in [3.63, 3.8) is 0 Å². The summed E-state index contributed by atoms with van der Waals surface area (Å²) in [6.07, 6.45) is 4.31. The minimum atomic E-state index is -0.786. The summed E-state index contributed by atoms with van der Waals surface area (Å²) < 4.78 is 12.9. The van der Waals surface area contributed by atoms with Crippen molar-refractivity contribution in [2.75, 3.05) is 0 Å². The first kappa shape index (κ1) is 23.2. The first-order valence-corrected chi connectivity index (χ1v) is 11.1. The fraction of sp³-hybridized carbons (Fsp3) is 0.375. The largest absolute Gasteiger partial charge is 0.481 e.